The van der Waals surface area contributed by atoms with Gasteiger partial charge >= 0.3 is 0 Å². The molecule has 0 saturated carbocycles. The van der Waals surface area contributed by atoms with Gasteiger partial charge in [-0.2, -0.15) is 0 Å². The second-order valence-electron chi connectivity index (χ2n) is 6.45. The molecule has 1 aromatic heterocycles. The first kappa shape index (κ1) is 18.6. The number of carbonyl (C=O) groups is 1. The number of rotatable bonds is 6. The van der Waals surface area contributed by atoms with E-state index in [-0.39, 0.29) is 22.9 Å². The van der Waals surface area contributed by atoms with E-state index in [1.165, 1.54) is 10.2 Å². The van der Waals surface area contributed by atoms with Crippen LogP contribution in [-0.2, 0) is 21.4 Å². The zero-order chi connectivity index (χ0) is 18.7. The molecule has 0 radical (unpaired) electrons. The van der Waals surface area contributed by atoms with Crippen molar-refractivity contribution in [2.75, 3.05) is 13.1 Å². The molecule has 8 heteroatoms. The van der Waals surface area contributed by atoms with Crippen molar-refractivity contribution in [3.05, 3.63) is 54.4 Å². The van der Waals surface area contributed by atoms with E-state index in [9.17, 15) is 13.2 Å². The molecule has 1 fully saturated rings. The molecule has 26 heavy (non-hydrogen) atoms. The third-order valence-electron chi connectivity index (χ3n) is 4.55. The monoisotopic (exact) mass is 376 g/mol. The number of benzene rings is 1. The minimum Gasteiger partial charge on any atom is -0.355 e. The number of carbonyl (C=O) groups excluding carboxylic acids is 1. The van der Waals surface area contributed by atoms with E-state index < -0.39 is 10.0 Å². The van der Waals surface area contributed by atoms with Crippen LogP contribution in [0.1, 0.15) is 19.0 Å². The molecule has 2 aromatic rings. The number of hydrogen-bond acceptors (Lipinski definition) is 5. The van der Waals surface area contributed by atoms with Gasteiger partial charge in [-0.25, -0.2) is 12.4 Å². The van der Waals surface area contributed by atoms with Crippen molar-refractivity contribution in [3.8, 4) is 0 Å². The molecule has 0 bridgehead atoms. The number of nitrogens with two attached hydrogens (primary N) is 1. The van der Waals surface area contributed by atoms with E-state index in [0.29, 0.717) is 31.7 Å². The summed E-state index contributed by atoms with van der Waals surface area (Å²) in [6.07, 6.45) is 2.10. The summed E-state index contributed by atoms with van der Waals surface area (Å²) in [5.74, 6) is -0.0653. The molecule has 3 N–H and O–H groups in total. The second kappa shape index (κ2) is 7.61. The minimum atomic E-state index is -3.67. The van der Waals surface area contributed by atoms with Crippen molar-refractivity contribution >= 4 is 15.9 Å². The molecule has 1 amide bonds. The number of aromatic nitrogens is 1. The second-order valence-corrected chi connectivity index (χ2v) is 8.26. The SMILES string of the molecule is CCNC(=O)[C@@H]1C[C@H](N)CN1Cc1cccn1S(=O)(=O)c1ccccc1. The van der Waals surface area contributed by atoms with Crippen LogP contribution < -0.4 is 11.1 Å². The van der Waals surface area contributed by atoms with Crippen LogP contribution in [0.3, 0.4) is 0 Å². The summed E-state index contributed by atoms with van der Waals surface area (Å²) in [5, 5.41) is 2.83. The van der Waals surface area contributed by atoms with Crippen molar-refractivity contribution in [3.63, 3.8) is 0 Å². The van der Waals surface area contributed by atoms with Crippen molar-refractivity contribution < 1.29 is 13.2 Å². The molecular formula is C18H24N4O3S. The van der Waals surface area contributed by atoms with E-state index in [2.05, 4.69) is 5.32 Å². The van der Waals surface area contributed by atoms with Crippen LogP contribution in [0.25, 0.3) is 0 Å². The molecule has 2 heterocycles. The molecule has 2 atom stereocenters. The van der Waals surface area contributed by atoms with Gasteiger partial charge in [-0.15, -0.1) is 0 Å². The van der Waals surface area contributed by atoms with Crippen LogP contribution >= 0.6 is 0 Å². The molecule has 1 aromatic carbocycles. The minimum absolute atomic E-state index is 0.0653. The van der Waals surface area contributed by atoms with Crippen LogP contribution in [0.2, 0.25) is 0 Å². The Balaban J connectivity index is 1.86. The van der Waals surface area contributed by atoms with Crippen LogP contribution in [0, 0.1) is 0 Å². The molecule has 1 saturated heterocycles. The molecule has 0 spiro atoms. The first-order chi connectivity index (χ1) is 12.4. The van der Waals surface area contributed by atoms with E-state index in [0.717, 1.165) is 0 Å². The maximum atomic E-state index is 12.9. The van der Waals surface area contributed by atoms with Gasteiger partial charge in [-0.3, -0.25) is 9.69 Å². The van der Waals surface area contributed by atoms with Crippen molar-refractivity contribution in [2.45, 2.75) is 36.9 Å². The van der Waals surface area contributed by atoms with Crippen LogP contribution in [-0.4, -0.2) is 48.4 Å². The smallest absolute Gasteiger partial charge is 0.267 e. The molecule has 0 aliphatic carbocycles. The lowest BCUT2D eigenvalue weighted by molar-refractivity contribution is -0.125. The number of nitrogens with zero attached hydrogens (tertiary/aromatic N) is 2. The number of nitrogens with one attached hydrogen (secondary N) is 1. The Morgan fingerprint density at radius 3 is 2.65 bits per heavy atom. The summed E-state index contributed by atoms with van der Waals surface area (Å²) in [6, 6.07) is 11.3. The summed E-state index contributed by atoms with van der Waals surface area (Å²) < 4.78 is 27.1. The summed E-state index contributed by atoms with van der Waals surface area (Å²) in [4.78, 5) is 14.5. The van der Waals surface area contributed by atoms with E-state index in [4.69, 9.17) is 5.73 Å². The molecule has 0 unspecified atom stereocenters. The highest BCUT2D eigenvalue weighted by Crippen LogP contribution is 2.22. The third kappa shape index (κ3) is 3.67. The highest BCUT2D eigenvalue weighted by molar-refractivity contribution is 7.90. The average Bonchev–Trinajstić information content (AvgIpc) is 3.23. The van der Waals surface area contributed by atoms with Crippen molar-refractivity contribution in [2.24, 2.45) is 5.73 Å². The number of likely N-dealkylation sites (tertiary alicyclic amines) is 1. The Labute approximate surface area is 153 Å². The normalized spacial score (nSPS) is 21.0. The molecule has 140 valence electrons. The Bertz CT molecular complexity index is 864. The predicted octanol–water partition coefficient (Wildman–Crippen LogP) is 0.763. The largest absolute Gasteiger partial charge is 0.355 e. The standard InChI is InChI=1S/C18H24N4O3S/c1-2-20-18(23)17-11-14(19)12-21(17)13-15-7-6-10-22(15)26(24,25)16-8-4-3-5-9-16/h3-10,14,17H,2,11-13,19H2,1H3,(H,20,23)/t14-,17-/m0/s1. The lowest BCUT2D eigenvalue weighted by atomic mass is 10.1. The number of hydrogen-bond donors (Lipinski definition) is 2. The quantitative estimate of drug-likeness (QED) is 0.776. The Hall–Kier alpha value is -2.16. The zero-order valence-corrected chi connectivity index (χ0v) is 15.5. The Kier molecular flexibility index (Phi) is 5.45. The van der Waals surface area contributed by atoms with Crippen molar-refractivity contribution in [1.29, 1.82) is 0 Å². The van der Waals surface area contributed by atoms with E-state index in [1.807, 2.05) is 11.8 Å². The maximum Gasteiger partial charge on any atom is 0.267 e. The molecule has 1 aliphatic heterocycles. The van der Waals surface area contributed by atoms with Gasteiger partial charge in [0.1, 0.15) is 0 Å². The molecule has 3 rings (SSSR count). The average molecular weight is 376 g/mol. The van der Waals surface area contributed by atoms with Gasteiger partial charge < -0.3 is 11.1 Å². The lowest BCUT2D eigenvalue weighted by Gasteiger charge is -2.24. The highest BCUT2D eigenvalue weighted by atomic mass is 32.2. The fourth-order valence-corrected chi connectivity index (χ4v) is 4.74. The lowest BCUT2D eigenvalue weighted by Crippen LogP contribution is -2.43. The summed E-state index contributed by atoms with van der Waals surface area (Å²) in [7, 11) is -3.67. The predicted molar refractivity (Wildman–Crippen MR) is 98.9 cm³/mol. The highest BCUT2D eigenvalue weighted by Gasteiger charge is 2.35. The Morgan fingerprint density at radius 1 is 1.23 bits per heavy atom. The van der Waals surface area contributed by atoms with Gasteiger partial charge in [0.2, 0.25) is 5.91 Å². The molecule has 7 nitrogen and oxygen atoms in total. The summed E-state index contributed by atoms with van der Waals surface area (Å²) in [6.45, 7) is 3.32. The maximum absolute atomic E-state index is 12.9. The Morgan fingerprint density at radius 2 is 1.96 bits per heavy atom. The van der Waals surface area contributed by atoms with Gasteiger partial charge in [0, 0.05) is 37.6 Å². The van der Waals surface area contributed by atoms with Gasteiger partial charge in [0.25, 0.3) is 10.0 Å². The van der Waals surface area contributed by atoms with Crippen LogP contribution in [0.15, 0.2) is 53.6 Å². The first-order valence-corrected chi connectivity index (χ1v) is 10.1. The van der Waals surface area contributed by atoms with Crippen LogP contribution in [0.5, 0.6) is 0 Å². The van der Waals surface area contributed by atoms with Gasteiger partial charge in [-0.05, 0) is 37.6 Å². The fraction of sp³-hybridized carbons (Fsp3) is 0.389. The first-order valence-electron chi connectivity index (χ1n) is 8.67. The summed E-state index contributed by atoms with van der Waals surface area (Å²) >= 11 is 0. The van der Waals surface area contributed by atoms with E-state index in [1.54, 1.807) is 42.5 Å². The fourth-order valence-electron chi connectivity index (χ4n) is 3.35. The summed E-state index contributed by atoms with van der Waals surface area (Å²) in [5.41, 5.74) is 6.66. The van der Waals surface area contributed by atoms with Gasteiger partial charge in [0.15, 0.2) is 0 Å². The zero-order valence-electron chi connectivity index (χ0n) is 14.7. The van der Waals surface area contributed by atoms with Crippen LogP contribution in [0.4, 0.5) is 0 Å². The van der Waals surface area contributed by atoms with E-state index >= 15 is 0 Å². The number of amides is 1. The molecule has 1 aliphatic rings. The third-order valence-corrected chi connectivity index (χ3v) is 6.29. The number of likely N-dealkylation sites (N-methyl/N-ethyl adjacent to an activating group) is 1. The van der Waals surface area contributed by atoms with Gasteiger partial charge in [-0.1, -0.05) is 18.2 Å². The van der Waals surface area contributed by atoms with Crippen molar-refractivity contribution in [1.82, 2.24) is 14.2 Å². The topological polar surface area (TPSA) is 97.4 Å². The molecular weight excluding hydrogens is 352 g/mol. The van der Waals surface area contributed by atoms with Gasteiger partial charge in [0.05, 0.1) is 10.9 Å².